The zero-order valence-electron chi connectivity index (χ0n) is 21.6. The van der Waals surface area contributed by atoms with E-state index in [2.05, 4.69) is 21.0 Å². The summed E-state index contributed by atoms with van der Waals surface area (Å²) in [6.45, 7) is 0. The van der Waals surface area contributed by atoms with Gasteiger partial charge in [-0.25, -0.2) is 15.0 Å². The van der Waals surface area contributed by atoms with Gasteiger partial charge in [-0.15, -0.1) is 0 Å². The van der Waals surface area contributed by atoms with E-state index in [4.69, 9.17) is 15.7 Å². The number of rotatable bonds is 7. The molecule has 1 fully saturated rings. The smallest absolute Gasteiger partial charge is 0.164 e. The third kappa shape index (κ3) is 4.61. The molecule has 0 spiro atoms. The summed E-state index contributed by atoms with van der Waals surface area (Å²) in [4.78, 5) is 13.2. The Hall–Kier alpha value is -4.21. The number of benzene rings is 2. The third-order valence-electron chi connectivity index (χ3n) is 7.20. The van der Waals surface area contributed by atoms with Crippen molar-refractivity contribution in [1.82, 2.24) is 24.1 Å². The number of aliphatic hydroxyl groups is 2. The molecule has 5 aromatic rings. The lowest BCUT2D eigenvalue weighted by molar-refractivity contribution is -0.0285. The van der Waals surface area contributed by atoms with Gasteiger partial charge in [0.25, 0.3) is 0 Å². The van der Waals surface area contributed by atoms with Crippen LogP contribution in [-0.4, -0.2) is 58.4 Å². The number of hydrogen-bond acceptors (Lipinski definition) is 9. The highest BCUT2D eigenvalue weighted by molar-refractivity contribution is 7.98. The number of ether oxygens (including phenoxy) is 1. The second-order valence-electron chi connectivity index (χ2n) is 9.67. The summed E-state index contributed by atoms with van der Waals surface area (Å²) in [5.41, 5.74) is 11.9. The molecular formula is C29H27N7O3S. The highest BCUT2D eigenvalue weighted by atomic mass is 32.2. The summed E-state index contributed by atoms with van der Waals surface area (Å²) in [6, 6.07) is 19.2. The number of aliphatic hydroxyl groups excluding tert-OH is 2. The van der Waals surface area contributed by atoms with Crippen LogP contribution in [0.3, 0.4) is 0 Å². The molecule has 0 amide bonds. The topological polar surface area (TPSA) is 148 Å². The van der Waals surface area contributed by atoms with Crippen molar-refractivity contribution in [2.45, 2.75) is 30.3 Å². The van der Waals surface area contributed by atoms with Gasteiger partial charge in [-0.2, -0.15) is 17.0 Å². The van der Waals surface area contributed by atoms with E-state index in [1.165, 1.54) is 6.33 Å². The van der Waals surface area contributed by atoms with Gasteiger partial charge in [0.05, 0.1) is 40.8 Å². The number of aryl methyl sites for hydroxylation is 1. The Morgan fingerprint density at radius 1 is 1.02 bits per heavy atom. The number of thioether (sulfide) groups is 1. The summed E-state index contributed by atoms with van der Waals surface area (Å²) in [5.74, 6) is 1.41. The van der Waals surface area contributed by atoms with E-state index >= 15 is 0 Å². The third-order valence-corrected chi connectivity index (χ3v) is 8.24. The second kappa shape index (κ2) is 10.7. The summed E-state index contributed by atoms with van der Waals surface area (Å²) in [6.07, 6.45) is 1.22. The van der Waals surface area contributed by atoms with Gasteiger partial charge in [0.15, 0.2) is 6.23 Å². The molecule has 4 N–H and O–H groups in total. The van der Waals surface area contributed by atoms with Gasteiger partial charge in [-0.3, -0.25) is 0 Å². The molecular weight excluding hydrogens is 526 g/mol. The summed E-state index contributed by atoms with van der Waals surface area (Å²) in [7, 11) is 1.96. The Bertz CT molecular complexity index is 1690. The van der Waals surface area contributed by atoms with Gasteiger partial charge in [0, 0.05) is 35.9 Å². The molecule has 11 heteroatoms. The predicted molar refractivity (Wildman–Crippen MR) is 153 cm³/mol. The first-order chi connectivity index (χ1) is 19.5. The number of nitriles is 1. The lowest BCUT2D eigenvalue weighted by Crippen LogP contribution is -2.32. The largest absolute Gasteiger partial charge is 0.387 e. The van der Waals surface area contributed by atoms with E-state index < -0.39 is 24.5 Å². The van der Waals surface area contributed by atoms with E-state index in [9.17, 15) is 10.2 Å². The molecule has 10 nitrogen and oxygen atoms in total. The number of anilines is 1. The molecule has 40 heavy (non-hydrogen) atoms. The number of aromatic nitrogens is 5. The highest BCUT2D eigenvalue weighted by Gasteiger charge is 2.44. The molecule has 4 atom stereocenters. The van der Waals surface area contributed by atoms with Crippen LogP contribution in [0.2, 0.25) is 0 Å². The minimum atomic E-state index is -1.18. The normalized spacial score (nSPS) is 20.6. The Balaban J connectivity index is 1.23. The van der Waals surface area contributed by atoms with Crippen molar-refractivity contribution in [3.8, 4) is 28.5 Å². The lowest BCUT2D eigenvalue weighted by Gasteiger charge is -2.17. The van der Waals surface area contributed by atoms with E-state index in [1.54, 1.807) is 41.0 Å². The van der Waals surface area contributed by atoms with Crippen LogP contribution >= 0.6 is 11.8 Å². The first kappa shape index (κ1) is 26.0. The van der Waals surface area contributed by atoms with Gasteiger partial charge in [-0.05, 0) is 17.7 Å². The molecule has 0 unspecified atom stereocenters. The van der Waals surface area contributed by atoms with Gasteiger partial charge in [0.1, 0.15) is 30.0 Å². The fourth-order valence-corrected chi connectivity index (χ4v) is 6.24. The van der Waals surface area contributed by atoms with Crippen molar-refractivity contribution in [3.63, 3.8) is 0 Å². The number of hydrogen-bond donors (Lipinski definition) is 3. The van der Waals surface area contributed by atoms with Gasteiger partial charge in [-0.1, -0.05) is 42.5 Å². The lowest BCUT2D eigenvalue weighted by atomic mass is 10.0. The molecule has 4 heterocycles. The van der Waals surface area contributed by atoms with Crippen molar-refractivity contribution >= 4 is 28.6 Å². The highest BCUT2D eigenvalue weighted by Crippen LogP contribution is 2.39. The molecule has 1 aliphatic rings. The molecule has 1 aliphatic heterocycles. The molecule has 2 aromatic carbocycles. The monoisotopic (exact) mass is 553 g/mol. The summed E-state index contributed by atoms with van der Waals surface area (Å²) < 4.78 is 9.95. The molecule has 0 radical (unpaired) electrons. The fourth-order valence-electron chi connectivity index (χ4n) is 5.08. The standard InChI is InChI=1S/C29H27N7O3S/c1-35-16-34-24(19-5-3-2-4-6-19)21(35)13-40-14-22-25(37)26(38)29(39-22)36-12-20(18-9-7-17(11-30)8-10-18)23-27(31)32-15-33-28(23)36/h2-10,12,15-16,22,25-26,29,37-38H,13-14H2,1H3,(H2,31,32,33)/t22-,25-,26-,29-/m1/s1. The first-order valence-electron chi connectivity index (χ1n) is 12.7. The van der Waals surface area contributed by atoms with Crippen LogP contribution in [0, 0.1) is 11.3 Å². The number of imidazole rings is 1. The maximum absolute atomic E-state index is 11.0. The Morgan fingerprint density at radius 2 is 1.80 bits per heavy atom. The SMILES string of the molecule is Cn1cnc(-c2ccccc2)c1CSC[C@H]1O[C@@H](n2cc(-c3ccc(C#N)cc3)c3c(N)ncnc32)[C@H](O)[C@@H]1O. The Kier molecular flexibility index (Phi) is 7.00. The van der Waals surface area contributed by atoms with Crippen molar-refractivity contribution in [2.24, 2.45) is 7.05 Å². The predicted octanol–water partition coefficient (Wildman–Crippen LogP) is 3.51. The minimum absolute atomic E-state index is 0.286. The van der Waals surface area contributed by atoms with Crippen LogP contribution in [-0.2, 0) is 17.5 Å². The number of fused-ring (bicyclic) bond motifs is 1. The average molecular weight is 554 g/mol. The summed E-state index contributed by atoms with van der Waals surface area (Å²) in [5, 5.41) is 31.8. The van der Waals surface area contributed by atoms with E-state index in [1.807, 2.05) is 54.1 Å². The second-order valence-corrected chi connectivity index (χ2v) is 10.7. The maximum Gasteiger partial charge on any atom is 0.164 e. The number of nitrogen functional groups attached to an aromatic ring is 1. The Morgan fingerprint density at radius 3 is 2.55 bits per heavy atom. The van der Waals surface area contributed by atoms with Crippen LogP contribution in [0.4, 0.5) is 5.82 Å². The molecule has 6 rings (SSSR count). The molecule has 1 saturated heterocycles. The number of nitrogens with zero attached hydrogens (tertiary/aromatic N) is 6. The average Bonchev–Trinajstić information content (AvgIpc) is 3.64. The molecule has 3 aromatic heterocycles. The van der Waals surface area contributed by atoms with Crippen molar-refractivity contribution < 1.29 is 14.9 Å². The quantitative estimate of drug-likeness (QED) is 0.275. The fraction of sp³-hybridized carbons (Fsp3) is 0.241. The molecule has 0 aliphatic carbocycles. The van der Waals surface area contributed by atoms with Gasteiger partial charge < -0.3 is 29.8 Å². The van der Waals surface area contributed by atoms with Gasteiger partial charge >= 0.3 is 0 Å². The van der Waals surface area contributed by atoms with Crippen LogP contribution in [0.25, 0.3) is 33.4 Å². The number of nitrogens with two attached hydrogens (primary N) is 1. The zero-order chi connectivity index (χ0) is 27.8. The van der Waals surface area contributed by atoms with Crippen LogP contribution in [0.5, 0.6) is 0 Å². The molecule has 0 bridgehead atoms. The summed E-state index contributed by atoms with van der Waals surface area (Å²) >= 11 is 1.61. The zero-order valence-corrected chi connectivity index (χ0v) is 22.4. The van der Waals surface area contributed by atoms with Crippen molar-refractivity contribution in [2.75, 3.05) is 11.5 Å². The van der Waals surface area contributed by atoms with Crippen LogP contribution in [0.15, 0.2) is 73.4 Å². The van der Waals surface area contributed by atoms with Crippen molar-refractivity contribution in [3.05, 3.63) is 84.7 Å². The molecule has 0 saturated carbocycles. The Labute approximate surface area is 234 Å². The van der Waals surface area contributed by atoms with Crippen LogP contribution < -0.4 is 5.73 Å². The van der Waals surface area contributed by atoms with E-state index in [0.29, 0.717) is 28.1 Å². The van der Waals surface area contributed by atoms with E-state index in [-0.39, 0.29) is 5.82 Å². The van der Waals surface area contributed by atoms with Gasteiger partial charge in [0.2, 0.25) is 0 Å². The van der Waals surface area contributed by atoms with E-state index in [0.717, 1.165) is 28.1 Å². The molecule has 202 valence electrons. The van der Waals surface area contributed by atoms with Crippen LogP contribution in [0.1, 0.15) is 17.5 Å². The minimum Gasteiger partial charge on any atom is -0.387 e. The maximum atomic E-state index is 11.0. The van der Waals surface area contributed by atoms with Crippen molar-refractivity contribution in [1.29, 1.82) is 5.26 Å². The first-order valence-corrected chi connectivity index (χ1v) is 13.9.